The van der Waals surface area contributed by atoms with Gasteiger partial charge in [-0.15, -0.1) is 0 Å². The van der Waals surface area contributed by atoms with Crippen LogP contribution in [-0.4, -0.2) is 83.1 Å². The SMILES string of the molecule is NCCCCC(NC(=O)C(CCCN=C(N)N)NC(=O)C(N)CC(=O)O)C(=O)NC(Cc1ccccc1)C(=O)O. The van der Waals surface area contributed by atoms with E-state index in [1.807, 2.05) is 0 Å². The Kier molecular flexibility index (Phi) is 15.3. The summed E-state index contributed by atoms with van der Waals surface area (Å²) in [4.78, 5) is 65.4. The minimum Gasteiger partial charge on any atom is -0.481 e. The normalized spacial score (nSPS) is 13.7. The molecule has 0 aliphatic heterocycles. The molecule has 15 heteroatoms. The first kappa shape index (κ1) is 33.8. The van der Waals surface area contributed by atoms with Crippen molar-refractivity contribution in [3.05, 3.63) is 35.9 Å². The zero-order valence-electron chi connectivity index (χ0n) is 22.3. The number of rotatable bonds is 19. The lowest BCUT2D eigenvalue weighted by Gasteiger charge is -2.25. The number of amides is 3. The predicted octanol–water partition coefficient (Wildman–Crippen LogP) is -2.25. The van der Waals surface area contributed by atoms with Gasteiger partial charge in [0.25, 0.3) is 0 Å². The van der Waals surface area contributed by atoms with Crippen molar-refractivity contribution in [2.75, 3.05) is 13.1 Å². The van der Waals surface area contributed by atoms with E-state index in [0.29, 0.717) is 24.9 Å². The second-order valence-corrected chi connectivity index (χ2v) is 9.15. The van der Waals surface area contributed by atoms with Gasteiger partial charge < -0.3 is 49.1 Å². The Morgan fingerprint density at radius 3 is 1.88 bits per heavy atom. The van der Waals surface area contributed by atoms with Crippen LogP contribution >= 0.6 is 0 Å². The van der Waals surface area contributed by atoms with E-state index < -0.39 is 60.2 Å². The van der Waals surface area contributed by atoms with Gasteiger partial charge in [0.05, 0.1) is 12.5 Å². The molecule has 1 aromatic carbocycles. The molecule has 222 valence electrons. The summed E-state index contributed by atoms with van der Waals surface area (Å²) in [6.07, 6.45) is 0.820. The number of carbonyl (C=O) groups excluding carboxylic acids is 3. The number of aliphatic carboxylic acids is 2. The van der Waals surface area contributed by atoms with Crippen LogP contribution in [0.5, 0.6) is 0 Å². The molecule has 0 aliphatic rings. The van der Waals surface area contributed by atoms with Gasteiger partial charge in [-0.05, 0) is 44.2 Å². The first-order chi connectivity index (χ1) is 18.9. The Hall–Kier alpha value is -4.24. The molecular formula is C25H40N8O7. The highest BCUT2D eigenvalue weighted by Crippen LogP contribution is 2.08. The number of carboxylic acids is 2. The average Bonchev–Trinajstić information content (AvgIpc) is 2.89. The first-order valence-corrected chi connectivity index (χ1v) is 12.8. The Bertz CT molecular complexity index is 1020. The number of benzene rings is 1. The summed E-state index contributed by atoms with van der Waals surface area (Å²) in [6.45, 7) is 0.488. The molecule has 0 spiro atoms. The van der Waals surface area contributed by atoms with Gasteiger partial charge in [0, 0.05) is 13.0 Å². The van der Waals surface area contributed by atoms with E-state index in [0.717, 1.165) is 0 Å². The first-order valence-electron chi connectivity index (χ1n) is 12.8. The minimum atomic E-state index is -1.41. The number of hydrogen-bond donors (Lipinski definition) is 9. The Labute approximate surface area is 232 Å². The van der Waals surface area contributed by atoms with Gasteiger partial charge in [-0.3, -0.25) is 24.2 Å². The number of hydrogen-bond acceptors (Lipinski definition) is 8. The van der Waals surface area contributed by atoms with E-state index in [-0.39, 0.29) is 38.2 Å². The Morgan fingerprint density at radius 2 is 1.35 bits per heavy atom. The molecule has 15 nitrogen and oxygen atoms in total. The van der Waals surface area contributed by atoms with Crippen LogP contribution in [0.3, 0.4) is 0 Å². The maximum atomic E-state index is 13.2. The molecule has 1 aromatic rings. The lowest BCUT2D eigenvalue weighted by Crippen LogP contribution is -2.57. The number of nitrogens with zero attached hydrogens (tertiary/aromatic N) is 1. The smallest absolute Gasteiger partial charge is 0.326 e. The molecule has 13 N–H and O–H groups in total. The van der Waals surface area contributed by atoms with Gasteiger partial charge in [-0.1, -0.05) is 30.3 Å². The van der Waals surface area contributed by atoms with Crippen LogP contribution in [-0.2, 0) is 30.4 Å². The van der Waals surface area contributed by atoms with Crippen molar-refractivity contribution in [3.8, 4) is 0 Å². The van der Waals surface area contributed by atoms with Crippen LogP contribution in [0.2, 0.25) is 0 Å². The summed E-state index contributed by atoms with van der Waals surface area (Å²) in [7, 11) is 0. The molecular weight excluding hydrogens is 524 g/mol. The van der Waals surface area contributed by atoms with E-state index in [1.165, 1.54) is 0 Å². The van der Waals surface area contributed by atoms with Gasteiger partial charge in [-0.2, -0.15) is 0 Å². The fourth-order valence-electron chi connectivity index (χ4n) is 3.69. The summed E-state index contributed by atoms with van der Waals surface area (Å²) in [6, 6.07) is 3.72. The molecule has 1 rings (SSSR count). The number of nitrogens with one attached hydrogen (secondary N) is 3. The van der Waals surface area contributed by atoms with E-state index in [2.05, 4.69) is 20.9 Å². The van der Waals surface area contributed by atoms with Crippen molar-refractivity contribution in [1.82, 2.24) is 16.0 Å². The molecule has 0 saturated heterocycles. The largest absolute Gasteiger partial charge is 0.481 e. The van der Waals surface area contributed by atoms with Crippen LogP contribution in [0.25, 0.3) is 0 Å². The monoisotopic (exact) mass is 564 g/mol. The highest BCUT2D eigenvalue weighted by Gasteiger charge is 2.30. The molecule has 0 heterocycles. The lowest BCUT2D eigenvalue weighted by atomic mass is 10.0. The maximum Gasteiger partial charge on any atom is 0.326 e. The van der Waals surface area contributed by atoms with Crippen LogP contribution in [0.1, 0.15) is 44.1 Å². The van der Waals surface area contributed by atoms with Crippen LogP contribution in [0.4, 0.5) is 0 Å². The average molecular weight is 565 g/mol. The Balaban J connectivity index is 3.06. The zero-order valence-corrected chi connectivity index (χ0v) is 22.3. The second-order valence-electron chi connectivity index (χ2n) is 9.15. The van der Waals surface area contributed by atoms with Crippen molar-refractivity contribution in [3.63, 3.8) is 0 Å². The molecule has 0 saturated carbocycles. The van der Waals surface area contributed by atoms with E-state index in [9.17, 15) is 29.1 Å². The highest BCUT2D eigenvalue weighted by atomic mass is 16.4. The number of aliphatic imine (C=N–C) groups is 1. The van der Waals surface area contributed by atoms with E-state index in [1.54, 1.807) is 30.3 Å². The molecule has 4 atom stereocenters. The summed E-state index contributed by atoms with van der Waals surface area (Å²) in [5.41, 5.74) is 22.5. The van der Waals surface area contributed by atoms with Crippen molar-refractivity contribution in [2.24, 2.45) is 27.9 Å². The second kappa shape index (κ2) is 18.1. The number of unbranched alkanes of at least 4 members (excludes halogenated alkanes) is 1. The predicted molar refractivity (Wildman–Crippen MR) is 147 cm³/mol. The van der Waals surface area contributed by atoms with Gasteiger partial charge >= 0.3 is 11.9 Å². The summed E-state index contributed by atoms with van der Waals surface area (Å²) in [5, 5.41) is 26.1. The number of nitrogens with two attached hydrogens (primary N) is 4. The number of guanidine groups is 1. The number of carboxylic acid groups (broad SMARTS) is 2. The molecule has 40 heavy (non-hydrogen) atoms. The van der Waals surface area contributed by atoms with Crippen LogP contribution in [0.15, 0.2) is 35.3 Å². The molecule has 0 aliphatic carbocycles. The molecule has 0 bridgehead atoms. The molecule has 0 radical (unpaired) electrons. The summed E-state index contributed by atoms with van der Waals surface area (Å²) < 4.78 is 0. The third-order valence-electron chi connectivity index (χ3n) is 5.79. The van der Waals surface area contributed by atoms with Gasteiger partial charge in [0.2, 0.25) is 17.7 Å². The third-order valence-corrected chi connectivity index (χ3v) is 5.79. The zero-order chi connectivity index (χ0) is 30.1. The van der Waals surface area contributed by atoms with Crippen LogP contribution in [0, 0.1) is 0 Å². The van der Waals surface area contributed by atoms with E-state index in [4.69, 9.17) is 28.0 Å². The summed E-state index contributed by atoms with van der Waals surface area (Å²) >= 11 is 0. The lowest BCUT2D eigenvalue weighted by molar-refractivity contribution is -0.142. The van der Waals surface area contributed by atoms with Crippen molar-refractivity contribution in [1.29, 1.82) is 0 Å². The fourth-order valence-corrected chi connectivity index (χ4v) is 3.69. The van der Waals surface area contributed by atoms with Crippen molar-refractivity contribution in [2.45, 2.75) is 69.1 Å². The van der Waals surface area contributed by atoms with E-state index >= 15 is 0 Å². The summed E-state index contributed by atoms with van der Waals surface area (Å²) in [5.74, 6) is -5.04. The topological polar surface area (TPSA) is 278 Å². The van der Waals surface area contributed by atoms with Gasteiger partial charge in [0.1, 0.15) is 18.1 Å². The molecule has 3 amide bonds. The van der Waals surface area contributed by atoms with Crippen molar-refractivity contribution >= 4 is 35.6 Å². The molecule has 0 aromatic heterocycles. The highest BCUT2D eigenvalue weighted by molar-refractivity contribution is 5.94. The van der Waals surface area contributed by atoms with Crippen molar-refractivity contribution < 1.29 is 34.2 Å². The number of carbonyl (C=O) groups is 5. The molecule has 4 unspecified atom stereocenters. The fraction of sp³-hybridized carbons (Fsp3) is 0.520. The third kappa shape index (κ3) is 13.5. The maximum absolute atomic E-state index is 13.2. The quantitative estimate of drug-likeness (QED) is 0.0491. The van der Waals surface area contributed by atoms with Crippen LogP contribution < -0.4 is 38.9 Å². The Morgan fingerprint density at radius 1 is 0.800 bits per heavy atom. The molecule has 0 fully saturated rings. The minimum absolute atomic E-state index is 0.0241. The standard InChI is InChI=1S/C25H40N8O7/c26-11-5-4-9-17(23(38)33-19(24(39)40)13-15-7-2-1-3-8-15)32-22(37)18(10-6-12-30-25(28)29)31-21(36)16(27)14-20(34)35/h1-3,7-8,16-19H,4-6,9-14,26-27H2,(H,31,36)(H,32,37)(H,33,38)(H,34,35)(H,39,40)(H4,28,29,30). The van der Waals surface area contributed by atoms with Gasteiger partial charge in [0.15, 0.2) is 5.96 Å². The van der Waals surface area contributed by atoms with Gasteiger partial charge in [-0.25, -0.2) is 4.79 Å².